The Hall–Kier alpha value is -0.830. The van der Waals surface area contributed by atoms with Gasteiger partial charge in [-0.25, -0.2) is 0 Å². The van der Waals surface area contributed by atoms with Crippen molar-refractivity contribution < 1.29 is 0 Å². The molecule has 62 valence electrons. The summed E-state index contributed by atoms with van der Waals surface area (Å²) < 4.78 is 1.99. The molecule has 0 amide bonds. The van der Waals surface area contributed by atoms with Crippen molar-refractivity contribution in [3.8, 4) is 0 Å². The summed E-state index contributed by atoms with van der Waals surface area (Å²) >= 11 is 0. The lowest BCUT2D eigenvalue weighted by Gasteiger charge is -2.11. The van der Waals surface area contributed by atoms with Gasteiger partial charge in [-0.05, 0) is 19.4 Å². The summed E-state index contributed by atoms with van der Waals surface area (Å²) in [5.74, 6) is 0. The van der Waals surface area contributed by atoms with Gasteiger partial charge in [-0.15, -0.1) is 0 Å². The van der Waals surface area contributed by atoms with E-state index >= 15 is 0 Å². The largest absolute Gasteiger partial charge is 0.328 e. The van der Waals surface area contributed by atoms with E-state index in [1.54, 1.807) is 0 Å². The first-order valence-electron chi connectivity index (χ1n) is 4.02. The second-order valence-corrected chi connectivity index (χ2v) is 2.71. The van der Waals surface area contributed by atoms with Crippen molar-refractivity contribution in [1.29, 1.82) is 0 Å². The molecule has 1 atom stereocenters. The van der Waals surface area contributed by atoms with E-state index in [1.165, 1.54) is 5.69 Å². The second kappa shape index (κ2) is 3.53. The third kappa shape index (κ3) is 1.60. The Balaban J connectivity index is 2.83. The normalized spacial score (nSPS) is 13.4. The van der Waals surface area contributed by atoms with Crippen LogP contribution in [0.25, 0.3) is 0 Å². The molecule has 0 bridgehead atoms. The molecule has 0 aliphatic carbocycles. The minimum absolute atomic E-state index is 0.319. The van der Waals surface area contributed by atoms with Crippen LogP contribution in [0.5, 0.6) is 0 Å². The Morgan fingerprint density at radius 2 is 2.45 bits per heavy atom. The van der Waals surface area contributed by atoms with Crippen molar-refractivity contribution in [2.24, 2.45) is 5.73 Å². The lowest BCUT2D eigenvalue weighted by Crippen LogP contribution is -2.18. The maximum Gasteiger partial charge on any atom is 0.0616 e. The first kappa shape index (κ1) is 8.27. The molecular formula is C8H15N3. The standard InChI is InChI=1S/C8H15N3/c1-3-8-4-5-10-11(8)7(2)6-9/h4-5,7H,3,6,9H2,1-2H3/t7-/m0/s1. The number of aromatic nitrogens is 2. The zero-order valence-electron chi connectivity index (χ0n) is 7.12. The Morgan fingerprint density at radius 1 is 1.73 bits per heavy atom. The van der Waals surface area contributed by atoms with Crippen LogP contribution in [0.4, 0.5) is 0 Å². The third-order valence-electron chi connectivity index (χ3n) is 1.87. The van der Waals surface area contributed by atoms with E-state index in [9.17, 15) is 0 Å². The van der Waals surface area contributed by atoms with E-state index in [1.807, 2.05) is 16.9 Å². The van der Waals surface area contributed by atoms with E-state index < -0.39 is 0 Å². The Labute approximate surface area is 67.2 Å². The second-order valence-electron chi connectivity index (χ2n) is 2.71. The van der Waals surface area contributed by atoms with Gasteiger partial charge in [0.1, 0.15) is 0 Å². The van der Waals surface area contributed by atoms with Crippen LogP contribution in [-0.2, 0) is 6.42 Å². The smallest absolute Gasteiger partial charge is 0.0616 e. The van der Waals surface area contributed by atoms with Crippen LogP contribution in [0.1, 0.15) is 25.6 Å². The molecule has 1 aromatic rings. The molecule has 2 N–H and O–H groups in total. The molecule has 0 aromatic carbocycles. The number of aryl methyl sites for hydroxylation is 1. The number of hydrogen-bond acceptors (Lipinski definition) is 2. The molecular weight excluding hydrogens is 138 g/mol. The molecule has 0 unspecified atom stereocenters. The average Bonchev–Trinajstić information content (AvgIpc) is 2.50. The molecule has 3 nitrogen and oxygen atoms in total. The first-order chi connectivity index (χ1) is 5.29. The van der Waals surface area contributed by atoms with Gasteiger partial charge in [0, 0.05) is 18.4 Å². The summed E-state index contributed by atoms with van der Waals surface area (Å²) in [6.07, 6.45) is 2.84. The fourth-order valence-corrected chi connectivity index (χ4v) is 1.12. The zero-order valence-corrected chi connectivity index (χ0v) is 7.12. The summed E-state index contributed by atoms with van der Waals surface area (Å²) in [7, 11) is 0. The monoisotopic (exact) mass is 153 g/mol. The quantitative estimate of drug-likeness (QED) is 0.703. The van der Waals surface area contributed by atoms with Crippen LogP contribution in [0, 0.1) is 0 Å². The molecule has 3 heteroatoms. The minimum atomic E-state index is 0.319. The van der Waals surface area contributed by atoms with Crippen LogP contribution in [-0.4, -0.2) is 16.3 Å². The van der Waals surface area contributed by atoms with Crippen LogP contribution < -0.4 is 5.73 Å². The average molecular weight is 153 g/mol. The minimum Gasteiger partial charge on any atom is -0.328 e. The van der Waals surface area contributed by atoms with Gasteiger partial charge in [-0.1, -0.05) is 6.92 Å². The highest BCUT2D eigenvalue weighted by Crippen LogP contribution is 2.07. The molecule has 1 rings (SSSR count). The van der Waals surface area contributed by atoms with Crippen molar-refractivity contribution in [3.63, 3.8) is 0 Å². The first-order valence-corrected chi connectivity index (χ1v) is 4.02. The van der Waals surface area contributed by atoms with Crippen LogP contribution >= 0.6 is 0 Å². The molecule has 11 heavy (non-hydrogen) atoms. The van der Waals surface area contributed by atoms with E-state index in [4.69, 9.17) is 5.73 Å². The van der Waals surface area contributed by atoms with Gasteiger partial charge in [-0.3, -0.25) is 4.68 Å². The van der Waals surface area contributed by atoms with Gasteiger partial charge >= 0.3 is 0 Å². The van der Waals surface area contributed by atoms with E-state index in [0.717, 1.165) is 6.42 Å². The summed E-state index contributed by atoms with van der Waals surface area (Å²) in [5, 5.41) is 4.19. The van der Waals surface area contributed by atoms with Gasteiger partial charge in [0.15, 0.2) is 0 Å². The maximum absolute atomic E-state index is 5.53. The van der Waals surface area contributed by atoms with E-state index in [-0.39, 0.29) is 0 Å². The highest BCUT2D eigenvalue weighted by atomic mass is 15.3. The third-order valence-corrected chi connectivity index (χ3v) is 1.87. The molecule has 0 spiro atoms. The molecule has 1 aromatic heterocycles. The van der Waals surface area contributed by atoms with Crippen molar-refractivity contribution in [2.75, 3.05) is 6.54 Å². The summed E-state index contributed by atoms with van der Waals surface area (Å²) in [6, 6.07) is 2.35. The number of rotatable bonds is 3. The number of hydrogen-bond donors (Lipinski definition) is 1. The fraction of sp³-hybridized carbons (Fsp3) is 0.625. The zero-order chi connectivity index (χ0) is 8.27. The van der Waals surface area contributed by atoms with Gasteiger partial charge in [0.25, 0.3) is 0 Å². The topological polar surface area (TPSA) is 43.8 Å². The molecule has 0 aliphatic heterocycles. The van der Waals surface area contributed by atoms with Crippen molar-refractivity contribution in [2.45, 2.75) is 26.3 Å². The molecule has 0 fully saturated rings. The lowest BCUT2D eigenvalue weighted by molar-refractivity contribution is 0.483. The van der Waals surface area contributed by atoms with Crippen molar-refractivity contribution in [3.05, 3.63) is 18.0 Å². The van der Waals surface area contributed by atoms with Crippen LogP contribution in [0.2, 0.25) is 0 Å². The highest BCUT2D eigenvalue weighted by Gasteiger charge is 2.05. The summed E-state index contributed by atoms with van der Waals surface area (Å²) in [5.41, 5.74) is 6.78. The molecule has 1 heterocycles. The number of nitrogens with zero attached hydrogens (tertiary/aromatic N) is 2. The van der Waals surface area contributed by atoms with Crippen LogP contribution in [0.3, 0.4) is 0 Å². The van der Waals surface area contributed by atoms with E-state index in [0.29, 0.717) is 12.6 Å². The Bertz CT molecular complexity index is 217. The molecule has 0 saturated heterocycles. The molecule has 0 aliphatic rings. The summed E-state index contributed by atoms with van der Waals surface area (Å²) in [6.45, 7) is 4.84. The van der Waals surface area contributed by atoms with E-state index in [2.05, 4.69) is 18.9 Å². The van der Waals surface area contributed by atoms with Crippen LogP contribution in [0.15, 0.2) is 12.3 Å². The van der Waals surface area contributed by atoms with Crippen molar-refractivity contribution >= 4 is 0 Å². The highest BCUT2D eigenvalue weighted by molar-refractivity contribution is 5.01. The SMILES string of the molecule is CCc1ccnn1[C@@H](C)CN. The van der Waals surface area contributed by atoms with Gasteiger partial charge in [0.05, 0.1) is 6.04 Å². The fourth-order valence-electron chi connectivity index (χ4n) is 1.12. The lowest BCUT2D eigenvalue weighted by atomic mass is 10.3. The predicted molar refractivity (Wildman–Crippen MR) is 45.4 cm³/mol. The molecule has 0 saturated carbocycles. The van der Waals surface area contributed by atoms with Crippen molar-refractivity contribution in [1.82, 2.24) is 9.78 Å². The summed E-state index contributed by atoms with van der Waals surface area (Å²) in [4.78, 5) is 0. The van der Waals surface area contributed by atoms with Gasteiger partial charge in [-0.2, -0.15) is 5.10 Å². The maximum atomic E-state index is 5.53. The number of nitrogens with two attached hydrogens (primary N) is 1. The van der Waals surface area contributed by atoms with Gasteiger partial charge in [0.2, 0.25) is 0 Å². The predicted octanol–water partition coefficient (Wildman–Crippen LogP) is 0.965. The van der Waals surface area contributed by atoms with Gasteiger partial charge < -0.3 is 5.73 Å². The Morgan fingerprint density at radius 3 is 3.00 bits per heavy atom. The Kier molecular flexibility index (Phi) is 2.65. The molecule has 0 radical (unpaired) electrons.